The minimum absolute atomic E-state index is 0.177. The molecule has 0 bridgehead atoms. The molecular formula is C14H17BN2O4. The van der Waals surface area contributed by atoms with Gasteiger partial charge in [-0.2, -0.15) is 0 Å². The van der Waals surface area contributed by atoms with Crippen molar-refractivity contribution in [1.82, 2.24) is 9.97 Å². The van der Waals surface area contributed by atoms with Crippen LogP contribution in [-0.2, 0) is 9.31 Å². The number of nitrogens with one attached hydrogen (secondary N) is 1. The highest BCUT2D eigenvalue weighted by Crippen LogP contribution is 2.36. The molecule has 1 fully saturated rings. The van der Waals surface area contributed by atoms with Gasteiger partial charge in [-0.1, -0.05) is 0 Å². The maximum absolute atomic E-state index is 11.3. The maximum Gasteiger partial charge on any atom is 0.497 e. The Kier molecular flexibility index (Phi) is 2.90. The van der Waals surface area contributed by atoms with Gasteiger partial charge in [0.2, 0.25) is 0 Å². The van der Waals surface area contributed by atoms with E-state index >= 15 is 0 Å². The molecule has 0 spiro atoms. The van der Waals surface area contributed by atoms with Crippen LogP contribution in [0.1, 0.15) is 38.1 Å². The molecule has 0 radical (unpaired) electrons. The fourth-order valence-electron chi connectivity index (χ4n) is 2.35. The Hall–Kier alpha value is -1.86. The summed E-state index contributed by atoms with van der Waals surface area (Å²) in [4.78, 5) is 18.5. The van der Waals surface area contributed by atoms with E-state index in [1.165, 1.54) is 6.33 Å². The molecule has 21 heavy (non-hydrogen) atoms. The Balaban J connectivity index is 2.13. The van der Waals surface area contributed by atoms with Gasteiger partial charge in [0, 0.05) is 5.46 Å². The van der Waals surface area contributed by atoms with Crippen molar-refractivity contribution in [3.05, 3.63) is 24.0 Å². The number of carbonyl (C=O) groups is 1. The normalized spacial score (nSPS) is 20.1. The summed E-state index contributed by atoms with van der Waals surface area (Å²) in [5, 5.41) is 9.24. The fourth-order valence-corrected chi connectivity index (χ4v) is 2.35. The van der Waals surface area contributed by atoms with E-state index in [0.29, 0.717) is 16.5 Å². The van der Waals surface area contributed by atoms with Gasteiger partial charge in [0.15, 0.2) is 0 Å². The molecular weight excluding hydrogens is 271 g/mol. The molecule has 1 aromatic carbocycles. The van der Waals surface area contributed by atoms with Gasteiger partial charge < -0.3 is 19.4 Å². The van der Waals surface area contributed by atoms with E-state index in [1.54, 1.807) is 12.1 Å². The highest BCUT2D eigenvalue weighted by atomic mass is 16.7. The monoisotopic (exact) mass is 288 g/mol. The maximum atomic E-state index is 11.3. The molecule has 1 aromatic heterocycles. The van der Waals surface area contributed by atoms with Gasteiger partial charge in [0.25, 0.3) is 0 Å². The number of hydrogen-bond acceptors (Lipinski definition) is 4. The van der Waals surface area contributed by atoms with Gasteiger partial charge in [0.1, 0.15) is 0 Å². The Labute approximate surface area is 122 Å². The molecule has 1 saturated heterocycles. The van der Waals surface area contributed by atoms with Crippen LogP contribution in [0.3, 0.4) is 0 Å². The van der Waals surface area contributed by atoms with Crippen molar-refractivity contribution in [2.24, 2.45) is 0 Å². The van der Waals surface area contributed by atoms with Gasteiger partial charge in [-0.25, -0.2) is 9.78 Å². The summed E-state index contributed by atoms with van der Waals surface area (Å²) < 4.78 is 12.0. The SMILES string of the molecule is CC1(C)OB(c2cc(C(=O)O)cc3[nH]cnc23)OC1(C)C. The van der Waals surface area contributed by atoms with E-state index in [4.69, 9.17) is 9.31 Å². The molecule has 7 heteroatoms. The van der Waals surface area contributed by atoms with Gasteiger partial charge in [-0.15, -0.1) is 0 Å². The molecule has 0 unspecified atom stereocenters. The molecule has 0 amide bonds. The van der Waals surface area contributed by atoms with Crippen molar-refractivity contribution in [1.29, 1.82) is 0 Å². The minimum Gasteiger partial charge on any atom is -0.478 e. The lowest BCUT2D eigenvalue weighted by molar-refractivity contribution is 0.00578. The summed E-state index contributed by atoms with van der Waals surface area (Å²) in [5.41, 5.74) is 1.15. The Bertz CT molecular complexity index is 707. The van der Waals surface area contributed by atoms with Crippen molar-refractivity contribution in [2.75, 3.05) is 0 Å². The molecule has 0 saturated carbocycles. The number of benzene rings is 1. The number of aromatic amines is 1. The average Bonchev–Trinajstić information content (AvgIpc) is 2.90. The van der Waals surface area contributed by atoms with Crippen LogP contribution in [-0.4, -0.2) is 39.4 Å². The minimum atomic E-state index is -0.996. The van der Waals surface area contributed by atoms with Crippen molar-refractivity contribution >= 4 is 29.6 Å². The van der Waals surface area contributed by atoms with Crippen molar-refractivity contribution in [2.45, 2.75) is 38.9 Å². The first-order valence-corrected chi connectivity index (χ1v) is 6.77. The van der Waals surface area contributed by atoms with Crippen molar-refractivity contribution in [3.8, 4) is 0 Å². The average molecular weight is 288 g/mol. The number of hydrogen-bond donors (Lipinski definition) is 2. The van der Waals surface area contributed by atoms with Crippen LogP contribution in [0.2, 0.25) is 0 Å². The zero-order chi connectivity index (χ0) is 15.4. The lowest BCUT2D eigenvalue weighted by Gasteiger charge is -2.32. The van der Waals surface area contributed by atoms with Crippen LogP contribution >= 0.6 is 0 Å². The van der Waals surface area contributed by atoms with E-state index < -0.39 is 24.3 Å². The number of nitrogens with zero attached hydrogens (tertiary/aromatic N) is 1. The number of carboxylic acid groups (broad SMARTS) is 1. The second-order valence-corrected chi connectivity index (χ2v) is 6.26. The summed E-state index contributed by atoms with van der Waals surface area (Å²) in [6, 6.07) is 3.12. The van der Waals surface area contributed by atoms with Crippen LogP contribution in [0.15, 0.2) is 18.5 Å². The highest BCUT2D eigenvalue weighted by molar-refractivity contribution is 6.65. The largest absolute Gasteiger partial charge is 0.497 e. The summed E-state index contributed by atoms with van der Waals surface area (Å²) in [7, 11) is -0.639. The van der Waals surface area contributed by atoms with Crippen LogP contribution < -0.4 is 5.46 Å². The summed E-state index contributed by atoms with van der Waals surface area (Å²) in [6.07, 6.45) is 1.53. The summed E-state index contributed by atoms with van der Waals surface area (Å²) >= 11 is 0. The second-order valence-electron chi connectivity index (χ2n) is 6.26. The predicted molar refractivity (Wildman–Crippen MR) is 78.8 cm³/mol. The first-order valence-electron chi connectivity index (χ1n) is 6.77. The first-order chi connectivity index (χ1) is 9.71. The summed E-state index contributed by atoms with van der Waals surface area (Å²) in [5.74, 6) is -0.996. The van der Waals surface area contributed by atoms with Crippen LogP contribution in [0.25, 0.3) is 11.0 Å². The van der Waals surface area contributed by atoms with Gasteiger partial charge in [0.05, 0.1) is 34.1 Å². The van der Waals surface area contributed by atoms with Crippen LogP contribution in [0.5, 0.6) is 0 Å². The zero-order valence-corrected chi connectivity index (χ0v) is 12.4. The quantitative estimate of drug-likeness (QED) is 0.819. The van der Waals surface area contributed by atoms with E-state index in [9.17, 15) is 9.90 Å². The van der Waals surface area contributed by atoms with Crippen molar-refractivity contribution < 1.29 is 19.2 Å². The number of H-pyrrole nitrogens is 1. The number of aromatic nitrogens is 2. The number of aromatic carboxylic acids is 1. The number of imidazole rings is 1. The first kappa shape index (κ1) is 14.1. The smallest absolute Gasteiger partial charge is 0.478 e. The fraction of sp³-hybridized carbons (Fsp3) is 0.429. The molecule has 2 heterocycles. The number of fused-ring (bicyclic) bond motifs is 1. The Morgan fingerprint density at radius 1 is 1.24 bits per heavy atom. The second kappa shape index (κ2) is 4.32. The molecule has 1 aliphatic rings. The van der Waals surface area contributed by atoms with E-state index in [0.717, 1.165) is 0 Å². The van der Waals surface area contributed by atoms with Gasteiger partial charge >= 0.3 is 13.1 Å². The topological polar surface area (TPSA) is 84.4 Å². The number of carboxylic acids is 1. The summed E-state index contributed by atoms with van der Waals surface area (Å²) in [6.45, 7) is 7.82. The van der Waals surface area contributed by atoms with E-state index in [1.807, 2.05) is 27.7 Å². The third kappa shape index (κ3) is 2.13. The van der Waals surface area contributed by atoms with Crippen molar-refractivity contribution in [3.63, 3.8) is 0 Å². The molecule has 0 aliphatic carbocycles. The predicted octanol–water partition coefficient (Wildman–Crippen LogP) is 1.56. The van der Waals surface area contributed by atoms with Gasteiger partial charge in [-0.3, -0.25) is 0 Å². The standard InChI is InChI=1S/C14H17BN2O4/c1-13(2)14(3,4)21-15(20-13)9-5-8(12(18)19)6-10-11(9)17-7-16-10/h5-7H,1-4H3,(H,16,17)(H,18,19). The Morgan fingerprint density at radius 3 is 2.43 bits per heavy atom. The van der Waals surface area contributed by atoms with E-state index in [-0.39, 0.29) is 5.56 Å². The van der Waals surface area contributed by atoms with Crippen LogP contribution in [0.4, 0.5) is 0 Å². The van der Waals surface area contributed by atoms with Crippen LogP contribution in [0, 0.1) is 0 Å². The third-order valence-electron chi connectivity index (χ3n) is 4.31. The molecule has 6 nitrogen and oxygen atoms in total. The van der Waals surface area contributed by atoms with E-state index in [2.05, 4.69) is 9.97 Å². The lowest BCUT2D eigenvalue weighted by Crippen LogP contribution is -2.41. The lowest BCUT2D eigenvalue weighted by atomic mass is 9.77. The molecule has 2 aromatic rings. The zero-order valence-electron chi connectivity index (χ0n) is 12.4. The molecule has 0 atom stereocenters. The van der Waals surface area contributed by atoms with Gasteiger partial charge in [-0.05, 0) is 39.8 Å². The number of rotatable bonds is 2. The third-order valence-corrected chi connectivity index (χ3v) is 4.31. The Morgan fingerprint density at radius 2 is 1.86 bits per heavy atom. The molecule has 1 aliphatic heterocycles. The molecule has 3 rings (SSSR count). The molecule has 110 valence electrons. The highest BCUT2D eigenvalue weighted by Gasteiger charge is 2.52. The molecule has 2 N–H and O–H groups in total.